The van der Waals surface area contributed by atoms with Gasteiger partial charge in [-0.3, -0.25) is 0 Å². The van der Waals surface area contributed by atoms with E-state index in [0.29, 0.717) is 13.2 Å². The molecule has 4 nitrogen and oxygen atoms in total. The van der Waals surface area contributed by atoms with Gasteiger partial charge in [-0.15, -0.1) is 0 Å². The molecule has 1 heterocycles. The van der Waals surface area contributed by atoms with E-state index in [4.69, 9.17) is 4.74 Å². The van der Waals surface area contributed by atoms with Crippen LogP contribution in [0.25, 0.3) is 10.8 Å². The second kappa shape index (κ2) is 6.08. The van der Waals surface area contributed by atoms with Crippen LogP contribution in [0.4, 0.5) is 4.79 Å². The van der Waals surface area contributed by atoms with Crippen LogP contribution in [0.2, 0.25) is 6.82 Å². The second-order valence-electron chi connectivity index (χ2n) is 5.18. The third-order valence-electron chi connectivity index (χ3n) is 3.92. The van der Waals surface area contributed by atoms with Gasteiger partial charge in [0, 0.05) is 13.1 Å². The number of urea groups is 1. The zero-order chi connectivity index (χ0) is 14.7. The minimum absolute atomic E-state index is 0.00725. The number of carbonyl (C=O) groups is 1. The molecule has 5 heteroatoms. The molecule has 2 aromatic carbocycles. The first-order valence-electron chi connectivity index (χ1n) is 7.46. The summed E-state index contributed by atoms with van der Waals surface area (Å²) >= 11 is 0. The molecule has 0 radical (unpaired) electrons. The van der Waals surface area contributed by atoms with Crippen LogP contribution >= 0.6 is 0 Å². The third-order valence-corrected chi connectivity index (χ3v) is 3.92. The Kier molecular flexibility index (Phi) is 4.00. The van der Waals surface area contributed by atoms with E-state index in [1.54, 1.807) is 4.90 Å². The van der Waals surface area contributed by atoms with E-state index >= 15 is 0 Å². The summed E-state index contributed by atoms with van der Waals surface area (Å²) in [5.74, 6) is 0.927. The van der Waals surface area contributed by atoms with Crippen molar-refractivity contribution in [2.45, 2.75) is 6.82 Å². The van der Waals surface area contributed by atoms with Gasteiger partial charge in [0.25, 0.3) is 0 Å². The van der Waals surface area contributed by atoms with Gasteiger partial charge in [-0.1, -0.05) is 37.2 Å². The van der Waals surface area contributed by atoms with Gasteiger partial charge in [0.1, 0.15) is 12.4 Å². The standard InChI is InChI=1S/C16H19BN2O2/c1-17-15-13-5-3-2-4-12(13)6-7-14(15)21-11-10-19-9-8-18-16(19)20/h2-7,17H,8-11H2,1H3,(H,18,20). The molecular formula is C16H19BN2O2. The molecule has 21 heavy (non-hydrogen) atoms. The van der Waals surface area contributed by atoms with Crippen LogP contribution in [0, 0.1) is 0 Å². The highest BCUT2D eigenvalue weighted by Gasteiger charge is 2.18. The maximum Gasteiger partial charge on any atom is 0.317 e. The van der Waals surface area contributed by atoms with E-state index in [1.807, 2.05) is 12.1 Å². The van der Waals surface area contributed by atoms with Crippen LogP contribution < -0.4 is 15.5 Å². The first-order chi connectivity index (χ1) is 10.3. The number of rotatable bonds is 5. The number of amides is 2. The van der Waals surface area contributed by atoms with Crippen molar-refractivity contribution in [3.63, 3.8) is 0 Å². The van der Waals surface area contributed by atoms with E-state index in [0.717, 1.165) is 26.1 Å². The fourth-order valence-corrected chi connectivity index (χ4v) is 2.81. The number of ether oxygens (including phenoxy) is 1. The zero-order valence-corrected chi connectivity index (χ0v) is 12.3. The van der Waals surface area contributed by atoms with Gasteiger partial charge in [0.05, 0.1) is 6.54 Å². The normalized spacial score (nSPS) is 14.3. The van der Waals surface area contributed by atoms with Crippen LogP contribution in [0.15, 0.2) is 36.4 Å². The molecule has 3 rings (SSSR count). The Bertz CT molecular complexity index is 660. The van der Waals surface area contributed by atoms with Crippen molar-refractivity contribution in [2.75, 3.05) is 26.2 Å². The fraction of sp³-hybridized carbons (Fsp3) is 0.312. The molecule has 0 saturated carbocycles. The molecule has 0 aliphatic carbocycles. The van der Waals surface area contributed by atoms with Crippen LogP contribution in [0.3, 0.4) is 0 Å². The van der Waals surface area contributed by atoms with Crippen LogP contribution in [0.1, 0.15) is 0 Å². The predicted molar refractivity (Wildman–Crippen MR) is 87.1 cm³/mol. The van der Waals surface area contributed by atoms with E-state index < -0.39 is 0 Å². The van der Waals surface area contributed by atoms with Crippen molar-refractivity contribution in [3.8, 4) is 5.75 Å². The lowest BCUT2D eigenvalue weighted by Gasteiger charge is -2.17. The highest BCUT2D eigenvalue weighted by molar-refractivity contribution is 6.57. The first kappa shape index (κ1) is 13.8. The highest BCUT2D eigenvalue weighted by atomic mass is 16.5. The van der Waals surface area contributed by atoms with E-state index in [2.05, 4.69) is 36.4 Å². The lowest BCUT2D eigenvalue weighted by Crippen LogP contribution is -2.32. The molecular weight excluding hydrogens is 263 g/mol. The number of fused-ring (bicyclic) bond motifs is 1. The molecule has 1 aliphatic heterocycles. The molecule has 0 spiro atoms. The Balaban J connectivity index is 1.73. The van der Waals surface area contributed by atoms with Gasteiger partial charge in [-0.2, -0.15) is 0 Å². The average molecular weight is 282 g/mol. The van der Waals surface area contributed by atoms with Gasteiger partial charge in [-0.05, 0) is 22.3 Å². The Morgan fingerprint density at radius 1 is 1.29 bits per heavy atom. The number of hydrogen-bond donors (Lipinski definition) is 1. The fourth-order valence-electron chi connectivity index (χ4n) is 2.81. The number of nitrogens with zero attached hydrogens (tertiary/aromatic N) is 1. The molecule has 2 amide bonds. The number of benzene rings is 2. The van der Waals surface area contributed by atoms with Gasteiger partial charge in [0.15, 0.2) is 7.28 Å². The molecule has 1 N–H and O–H groups in total. The van der Waals surface area contributed by atoms with Gasteiger partial charge < -0.3 is 15.0 Å². The summed E-state index contributed by atoms with van der Waals surface area (Å²) in [5, 5.41) is 5.28. The molecule has 1 fully saturated rings. The summed E-state index contributed by atoms with van der Waals surface area (Å²) in [6, 6.07) is 12.5. The summed E-state index contributed by atoms with van der Waals surface area (Å²) in [4.78, 5) is 13.3. The van der Waals surface area contributed by atoms with Crippen molar-refractivity contribution in [1.29, 1.82) is 0 Å². The Morgan fingerprint density at radius 2 is 2.14 bits per heavy atom. The molecule has 0 aromatic heterocycles. The Hall–Kier alpha value is -2.17. The highest BCUT2D eigenvalue weighted by Crippen LogP contribution is 2.18. The Labute approximate surface area is 125 Å². The van der Waals surface area contributed by atoms with Gasteiger partial charge >= 0.3 is 6.03 Å². The predicted octanol–water partition coefficient (Wildman–Crippen LogP) is 1.35. The molecule has 0 unspecified atom stereocenters. The van der Waals surface area contributed by atoms with Gasteiger partial charge in [0.2, 0.25) is 0 Å². The van der Waals surface area contributed by atoms with E-state index in [-0.39, 0.29) is 6.03 Å². The molecule has 2 aromatic rings. The van der Waals surface area contributed by atoms with Crippen molar-refractivity contribution in [3.05, 3.63) is 36.4 Å². The van der Waals surface area contributed by atoms with Crippen molar-refractivity contribution >= 4 is 29.5 Å². The summed E-state index contributed by atoms with van der Waals surface area (Å²) in [5.41, 5.74) is 1.24. The zero-order valence-electron chi connectivity index (χ0n) is 12.3. The minimum atomic E-state index is 0.00725. The molecule has 1 aliphatic rings. The smallest absolute Gasteiger partial charge is 0.317 e. The monoisotopic (exact) mass is 282 g/mol. The van der Waals surface area contributed by atoms with Crippen LogP contribution in [-0.2, 0) is 0 Å². The van der Waals surface area contributed by atoms with Crippen molar-refractivity contribution in [2.24, 2.45) is 0 Å². The summed E-state index contributed by atoms with van der Waals surface area (Å²) in [6.45, 7) is 4.79. The topological polar surface area (TPSA) is 41.6 Å². The van der Waals surface area contributed by atoms with E-state index in [9.17, 15) is 4.79 Å². The Morgan fingerprint density at radius 3 is 2.90 bits per heavy atom. The summed E-state index contributed by atoms with van der Waals surface area (Å²) < 4.78 is 5.92. The molecule has 108 valence electrons. The largest absolute Gasteiger partial charge is 0.492 e. The average Bonchev–Trinajstić information content (AvgIpc) is 2.92. The summed E-state index contributed by atoms with van der Waals surface area (Å²) in [6.07, 6.45) is 0. The molecule has 0 bridgehead atoms. The maximum absolute atomic E-state index is 11.5. The van der Waals surface area contributed by atoms with Crippen molar-refractivity contribution in [1.82, 2.24) is 10.2 Å². The molecule has 1 saturated heterocycles. The minimum Gasteiger partial charge on any atom is -0.492 e. The quantitative estimate of drug-likeness (QED) is 0.841. The maximum atomic E-state index is 11.5. The SMILES string of the molecule is CBc1c(OCCN2CCNC2=O)ccc2ccccc12. The number of hydrogen-bond acceptors (Lipinski definition) is 2. The third kappa shape index (κ3) is 2.82. The van der Waals surface area contributed by atoms with Crippen LogP contribution in [-0.4, -0.2) is 44.5 Å². The second-order valence-corrected chi connectivity index (χ2v) is 5.18. The number of nitrogens with one attached hydrogen (secondary N) is 1. The van der Waals surface area contributed by atoms with Crippen LogP contribution in [0.5, 0.6) is 5.75 Å². The molecule has 0 atom stereocenters. The lowest BCUT2D eigenvalue weighted by atomic mass is 9.70. The lowest BCUT2D eigenvalue weighted by molar-refractivity contribution is 0.203. The summed E-state index contributed by atoms with van der Waals surface area (Å²) in [7, 11) is 0.931. The van der Waals surface area contributed by atoms with Crippen molar-refractivity contribution < 1.29 is 9.53 Å². The number of carbonyl (C=O) groups excluding carboxylic acids is 1. The van der Waals surface area contributed by atoms with E-state index in [1.165, 1.54) is 16.2 Å². The first-order valence-corrected chi connectivity index (χ1v) is 7.46. The van der Waals surface area contributed by atoms with Gasteiger partial charge in [-0.25, -0.2) is 4.79 Å².